The van der Waals surface area contributed by atoms with E-state index in [4.69, 9.17) is 4.74 Å². The molecule has 368 valence electrons. The maximum absolute atomic E-state index is 12.5. The molecule has 0 aliphatic heterocycles. The Morgan fingerprint density at radius 3 is 1.15 bits per heavy atom. The van der Waals surface area contributed by atoms with Crippen molar-refractivity contribution in [3.05, 3.63) is 12.2 Å². The number of aliphatic hydroxyl groups excluding tert-OH is 2. The number of carbonyl (C=O) groups excluding carboxylic acids is 2. The minimum absolute atomic E-state index is 0.0245. The van der Waals surface area contributed by atoms with Gasteiger partial charge in [0.1, 0.15) is 0 Å². The van der Waals surface area contributed by atoms with Gasteiger partial charge in [0.05, 0.1) is 25.4 Å². The lowest BCUT2D eigenvalue weighted by Crippen LogP contribution is -2.45. The van der Waals surface area contributed by atoms with E-state index in [0.29, 0.717) is 25.9 Å². The molecular formula is C56H109NO5. The van der Waals surface area contributed by atoms with Crippen LogP contribution in [0.5, 0.6) is 0 Å². The summed E-state index contributed by atoms with van der Waals surface area (Å²) in [6, 6.07) is -0.561. The highest BCUT2D eigenvalue weighted by atomic mass is 16.5. The minimum Gasteiger partial charge on any atom is -0.466 e. The molecule has 0 aliphatic carbocycles. The fraction of sp³-hybridized carbons (Fsp3) is 0.929. The summed E-state index contributed by atoms with van der Waals surface area (Å²) in [6.07, 6.45) is 60.5. The van der Waals surface area contributed by atoms with Crippen molar-refractivity contribution in [1.29, 1.82) is 0 Å². The van der Waals surface area contributed by atoms with E-state index < -0.39 is 12.1 Å². The lowest BCUT2D eigenvalue weighted by Gasteiger charge is -2.22. The Kier molecular flexibility index (Phi) is 51.0. The molecule has 0 saturated heterocycles. The molecule has 0 heterocycles. The smallest absolute Gasteiger partial charge is 0.305 e. The average Bonchev–Trinajstić information content (AvgIpc) is 3.27. The molecule has 0 spiro atoms. The molecule has 6 nitrogen and oxygen atoms in total. The van der Waals surface area contributed by atoms with Crippen LogP contribution in [0.1, 0.15) is 309 Å². The summed E-state index contributed by atoms with van der Waals surface area (Å²) in [7, 11) is 0. The number of amides is 1. The quantitative estimate of drug-likeness (QED) is 0.0321. The lowest BCUT2D eigenvalue weighted by molar-refractivity contribution is -0.143. The Hall–Kier alpha value is -1.40. The molecule has 3 N–H and O–H groups in total. The Balaban J connectivity index is 3.46. The summed E-state index contributed by atoms with van der Waals surface area (Å²) in [5, 5.41) is 23.3. The van der Waals surface area contributed by atoms with Crippen molar-refractivity contribution in [1.82, 2.24) is 5.32 Å². The number of rotatable bonds is 52. The second kappa shape index (κ2) is 52.2. The number of unbranched alkanes of at least 4 members (excludes halogenated alkanes) is 39. The summed E-state index contributed by atoms with van der Waals surface area (Å²) in [6.45, 7) is 4.90. The van der Waals surface area contributed by atoms with Crippen LogP contribution < -0.4 is 5.32 Å². The topological polar surface area (TPSA) is 95.9 Å². The van der Waals surface area contributed by atoms with Crippen LogP contribution in [0, 0.1) is 0 Å². The van der Waals surface area contributed by atoms with E-state index in [-0.39, 0.29) is 18.5 Å². The fourth-order valence-corrected chi connectivity index (χ4v) is 8.75. The first-order chi connectivity index (χ1) is 30.5. The summed E-state index contributed by atoms with van der Waals surface area (Å²) >= 11 is 0. The lowest BCUT2D eigenvalue weighted by atomic mass is 10.0. The highest BCUT2D eigenvalue weighted by Gasteiger charge is 2.20. The van der Waals surface area contributed by atoms with E-state index in [1.54, 1.807) is 0 Å². The van der Waals surface area contributed by atoms with Gasteiger partial charge in [0.25, 0.3) is 0 Å². The van der Waals surface area contributed by atoms with Crippen LogP contribution in [0.15, 0.2) is 12.2 Å². The standard InChI is InChI=1S/C56H109NO5/c1-3-5-7-9-11-13-15-17-19-21-22-24-26-28-30-34-38-42-46-50-56(61)62-51-47-43-39-35-31-33-37-41-45-49-55(60)57-53(52-58)54(59)48-44-40-36-32-29-27-25-23-20-18-16-14-12-10-8-6-4-2/h17,19,53-54,58-59H,3-16,18,20-52H2,1-2H3,(H,57,60)/b19-17-. The molecule has 0 rings (SSSR count). The van der Waals surface area contributed by atoms with E-state index in [1.165, 1.54) is 218 Å². The minimum atomic E-state index is -0.681. The van der Waals surface area contributed by atoms with Gasteiger partial charge in [-0.3, -0.25) is 9.59 Å². The van der Waals surface area contributed by atoms with Gasteiger partial charge >= 0.3 is 5.97 Å². The first-order valence-electron chi connectivity index (χ1n) is 27.9. The van der Waals surface area contributed by atoms with Gasteiger partial charge in [-0.25, -0.2) is 0 Å². The highest BCUT2D eigenvalue weighted by molar-refractivity contribution is 5.76. The largest absolute Gasteiger partial charge is 0.466 e. The number of carbonyl (C=O) groups is 2. The van der Waals surface area contributed by atoms with Gasteiger partial charge in [0, 0.05) is 12.8 Å². The van der Waals surface area contributed by atoms with E-state index in [1.807, 2.05) is 0 Å². The zero-order chi connectivity index (χ0) is 45.1. The predicted octanol–water partition coefficient (Wildman–Crippen LogP) is 16.9. The number of ether oxygens (including phenoxy) is 1. The second-order valence-corrected chi connectivity index (χ2v) is 19.3. The van der Waals surface area contributed by atoms with Crippen molar-refractivity contribution < 1.29 is 24.5 Å². The molecule has 0 radical (unpaired) electrons. The third kappa shape index (κ3) is 48.1. The molecule has 2 unspecified atom stereocenters. The van der Waals surface area contributed by atoms with Gasteiger partial charge in [-0.05, 0) is 51.4 Å². The number of allylic oxidation sites excluding steroid dienone is 2. The van der Waals surface area contributed by atoms with Crippen molar-refractivity contribution in [2.75, 3.05) is 13.2 Å². The maximum Gasteiger partial charge on any atom is 0.305 e. The molecule has 1 amide bonds. The van der Waals surface area contributed by atoms with Crippen LogP contribution in [-0.4, -0.2) is 47.4 Å². The van der Waals surface area contributed by atoms with Gasteiger partial charge in [-0.1, -0.05) is 257 Å². The summed E-state index contributed by atoms with van der Waals surface area (Å²) in [5.41, 5.74) is 0. The predicted molar refractivity (Wildman–Crippen MR) is 269 cm³/mol. The van der Waals surface area contributed by atoms with Crippen LogP contribution in [0.2, 0.25) is 0 Å². The molecule has 0 aliphatic rings. The van der Waals surface area contributed by atoms with E-state index in [2.05, 4.69) is 31.3 Å². The van der Waals surface area contributed by atoms with Crippen molar-refractivity contribution in [3.8, 4) is 0 Å². The molecule has 62 heavy (non-hydrogen) atoms. The third-order valence-corrected chi connectivity index (χ3v) is 13.1. The Labute approximate surface area is 387 Å². The second-order valence-electron chi connectivity index (χ2n) is 19.3. The molecule has 0 saturated carbocycles. The van der Waals surface area contributed by atoms with E-state index in [9.17, 15) is 19.8 Å². The van der Waals surface area contributed by atoms with Crippen molar-refractivity contribution in [2.24, 2.45) is 0 Å². The van der Waals surface area contributed by atoms with Crippen LogP contribution in [0.4, 0.5) is 0 Å². The number of nitrogens with one attached hydrogen (secondary N) is 1. The van der Waals surface area contributed by atoms with Crippen LogP contribution in [-0.2, 0) is 14.3 Å². The normalized spacial score (nSPS) is 12.6. The van der Waals surface area contributed by atoms with Crippen molar-refractivity contribution >= 4 is 11.9 Å². The summed E-state index contributed by atoms with van der Waals surface area (Å²) in [4.78, 5) is 24.6. The van der Waals surface area contributed by atoms with Gasteiger partial charge in [0.2, 0.25) is 5.91 Å². The number of hydrogen-bond acceptors (Lipinski definition) is 5. The van der Waals surface area contributed by atoms with Crippen LogP contribution in [0.3, 0.4) is 0 Å². The average molecular weight is 876 g/mol. The number of hydrogen-bond donors (Lipinski definition) is 3. The van der Waals surface area contributed by atoms with Gasteiger partial charge in [-0.15, -0.1) is 0 Å². The number of esters is 1. The molecule has 0 aromatic heterocycles. The Morgan fingerprint density at radius 1 is 0.435 bits per heavy atom. The Bertz CT molecular complexity index is 924. The SMILES string of the molecule is CCCCCCCC/C=C\CCCCCCCCCCCC(=O)OCCCCCCCCCCCC(=O)NC(CO)C(O)CCCCCCCCCCCCCCCCCCC. The molecule has 0 bridgehead atoms. The molecule has 0 aromatic rings. The first-order valence-corrected chi connectivity index (χ1v) is 27.9. The molecule has 2 atom stereocenters. The van der Waals surface area contributed by atoms with Crippen LogP contribution >= 0.6 is 0 Å². The third-order valence-electron chi connectivity index (χ3n) is 13.1. The number of aliphatic hydroxyl groups is 2. The van der Waals surface area contributed by atoms with Gasteiger partial charge in [-0.2, -0.15) is 0 Å². The Morgan fingerprint density at radius 2 is 0.758 bits per heavy atom. The van der Waals surface area contributed by atoms with Crippen molar-refractivity contribution in [3.63, 3.8) is 0 Å². The zero-order valence-electron chi connectivity index (χ0n) is 41.9. The molecule has 6 heteroatoms. The summed E-state index contributed by atoms with van der Waals surface area (Å²) in [5.74, 6) is -0.0845. The summed E-state index contributed by atoms with van der Waals surface area (Å²) < 4.78 is 5.47. The maximum atomic E-state index is 12.5. The molecular weight excluding hydrogens is 767 g/mol. The van der Waals surface area contributed by atoms with E-state index in [0.717, 1.165) is 57.8 Å². The van der Waals surface area contributed by atoms with Gasteiger partial charge < -0.3 is 20.3 Å². The molecule has 0 aromatic carbocycles. The monoisotopic (exact) mass is 876 g/mol. The van der Waals surface area contributed by atoms with Gasteiger partial charge in [0.15, 0.2) is 0 Å². The van der Waals surface area contributed by atoms with Crippen molar-refractivity contribution in [2.45, 2.75) is 321 Å². The molecule has 0 fully saturated rings. The van der Waals surface area contributed by atoms with Crippen LogP contribution in [0.25, 0.3) is 0 Å². The van der Waals surface area contributed by atoms with E-state index >= 15 is 0 Å². The zero-order valence-corrected chi connectivity index (χ0v) is 41.9. The first kappa shape index (κ1) is 60.6. The fourth-order valence-electron chi connectivity index (χ4n) is 8.75. The highest BCUT2D eigenvalue weighted by Crippen LogP contribution is 2.17.